The third kappa shape index (κ3) is 2.72. The molecular weight excluding hydrogens is 279 g/mol. The van der Waals surface area contributed by atoms with Crippen molar-refractivity contribution in [2.24, 2.45) is 0 Å². The number of rotatable bonds is 3. The standard InChI is InChI=1S/C16H14Cl2O/c17-14-4-2-1-3-11(14)10-15(18)12-5-6-16-13(9-12)7-8-19-16/h1-6,9,15H,7-8,10H2. The third-order valence-electron chi connectivity index (χ3n) is 3.43. The SMILES string of the molecule is Clc1ccccc1CC(Cl)c1ccc2c(c1)CCO2. The van der Waals surface area contributed by atoms with Gasteiger partial charge in [-0.3, -0.25) is 0 Å². The van der Waals surface area contributed by atoms with Crippen molar-refractivity contribution >= 4 is 23.2 Å². The molecule has 3 heteroatoms. The third-order valence-corrected chi connectivity index (χ3v) is 4.21. The van der Waals surface area contributed by atoms with Gasteiger partial charge in [-0.05, 0) is 35.2 Å². The van der Waals surface area contributed by atoms with Gasteiger partial charge in [0.15, 0.2) is 0 Å². The highest BCUT2D eigenvalue weighted by Crippen LogP contribution is 2.33. The molecule has 0 amide bonds. The molecule has 0 aliphatic carbocycles. The minimum Gasteiger partial charge on any atom is -0.493 e. The first-order valence-corrected chi connectivity index (χ1v) is 7.18. The monoisotopic (exact) mass is 292 g/mol. The van der Waals surface area contributed by atoms with Gasteiger partial charge in [-0.15, -0.1) is 11.6 Å². The number of ether oxygens (including phenoxy) is 1. The summed E-state index contributed by atoms with van der Waals surface area (Å²) in [5.74, 6) is 0.991. The maximum absolute atomic E-state index is 6.51. The first-order chi connectivity index (χ1) is 9.24. The Kier molecular flexibility index (Phi) is 3.67. The quantitative estimate of drug-likeness (QED) is 0.739. The summed E-state index contributed by atoms with van der Waals surface area (Å²) in [5.41, 5.74) is 3.47. The number of benzene rings is 2. The van der Waals surface area contributed by atoms with Gasteiger partial charge >= 0.3 is 0 Å². The molecule has 19 heavy (non-hydrogen) atoms. The Hall–Kier alpha value is -1.18. The van der Waals surface area contributed by atoms with Crippen molar-refractivity contribution in [3.8, 4) is 5.75 Å². The van der Waals surface area contributed by atoms with Crippen molar-refractivity contribution in [2.75, 3.05) is 6.61 Å². The highest BCUT2D eigenvalue weighted by Gasteiger charge is 2.16. The first kappa shape index (κ1) is 12.8. The van der Waals surface area contributed by atoms with Crippen LogP contribution in [0.15, 0.2) is 42.5 Å². The smallest absolute Gasteiger partial charge is 0.122 e. The van der Waals surface area contributed by atoms with E-state index in [0.717, 1.165) is 41.3 Å². The molecule has 98 valence electrons. The van der Waals surface area contributed by atoms with Gasteiger partial charge in [0.25, 0.3) is 0 Å². The molecule has 1 heterocycles. The molecule has 0 spiro atoms. The lowest BCUT2D eigenvalue weighted by atomic mass is 10.0. The van der Waals surface area contributed by atoms with Gasteiger partial charge in [0, 0.05) is 11.4 Å². The van der Waals surface area contributed by atoms with Crippen LogP contribution >= 0.6 is 23.2 Å². The van der Waals surface area contributed by atoms with E-state index in [9.17, 15) is 0 Å². The molecule has 0 bridgehead atoms. The Balaban J connectivity index is 1.81. The molecule has 0 saturated heterocycles. The second kappa shape index (κ2) is 5.44. The topological polar surface area (TPSA) is 9.23 Å². The molecule has 0 aromatic heterocycles. The number of alkyl halides is 1. The van der Waals surface area contributed by atoms with E-state index in [1.165, 1.54) is 5.56 Å². The lowest BCUT2D eigenvalue weighted by Gasteiger charge is -2.12. The maximum atomic E-state index is 6.51. The molecule has 0 radical (unpaired) electrons. The minimum atomic E-state index is -0.0641. The summed E-state index contributed by atoms with van der Waals surface area (Å²) in [6, 6.07) is 14.0. The summed E-state index contributed by atoms with van der Waals surface area (Å²) >= 11 is 12.7. The molecule has 0 saturated carbocycles. The van der Waals surface area contributed by atoms with Gasteiger partial charge < -0.3 is 4.74 Å². The van der Waals surface area contributed by atoms with E-state index in [-0.39, 0.29) is 5.38 Å². The highest BCUT2D eigenvalue weighted by molar-refractivity contribution is 6.31. The summed E-state index contributed by atoms with van der Waals surface area (Å²) in [5, 5.41) is 0.712. The summed E-state index contributed by atoms with van der Waals surface area (Å²) in [6.07, 6.45) is 1.71. The summed E-state index contributed by atoms with van der Waals surface area (Å²) in [4.78, 5) is 0. The predicted molar refractivity (Wildman–Crippen MR) is 79.4 cm³/mol. The fourth-order valence-electron chi connectivity index (χ4n) is 2.38. The molecule has 1 atom stereocenters. The van der Waals surface area contributed by atoms with Crippen LogP contribution in [0.2, 0.25) is 5.02 Å². The molecule has 1 nitrogen and oxygen atoms in total. The molecule has 0 N–H and O–H groups in total. The van der Waals surface area contributed by atoms with Crippen LogP contribution in [0.1, 0.15) is 22.1 Å². The Bertz CT molecular complexity index is 595. The Morgan fingerprint density at radius 3 is 2.84 bits per heavy atom. The van der Waals surface area contributed by atoms with Crippen LogP contribution in [0, 0.1) is 0 Å². The Morgan fingerprint density at radius 1 is 1.16 bits per heavy atom. The van der Waals surface area contributed by atoms with Crippen LogP contribution in [-0.4, -0.2) is 6.61 Å². The lowest BCUT2D eigenvalue weighted by Crippen LogP contribution is -1.97. The van der Waals surface area contributed by atoms with E-state index in [2.05, 4.69) is 6.07 Å². The fourth-order valence-corrected chi connectivity index (χ4v) is 2.89. The maximum Gasteiger partial charge on any atom is 0.122 e. The number of hydrogen-bond donors (Lipinski definition) is 0. The fraction of sp³-hybridized carbons (Fsp3) is 0.250. The van der Waals surface area contributed by atoms with Crippen LogP contribution in [0.3, 0.4) is 0 Å². The summed E-state index contributed by atoms with van der Waals surface area (Å²) < 4.78 is 5.51. The average molecular weight is 293 g/mol. The molecule has 1 aliphatic heterocycles. The predicted octanol–water partition coefficient (Wildman–Crippen LogP) is 4.80. The second-order valence-corrected chi connectivity index (χ2v) is 5.66. The highest BCUT2D eigenvalue weighted by atomic mass is 35.5. The minimum absolute atomic E-state index is 0.0641. The molecule has 3 rings (SSSR count). The van der Waals surface area contributed by atoms with Crippen molar-refractivity contribution in [3.05, 3.63) is 64.2 Å². The van der Waals surface area contributed by atoms with Crippen LogP contribution in [0.25, 0.3) is 0 Å². The van der Waals surface area contributed by atoms with Crippen molar-refractivity contribution in [3.63, 3.8) is 0 Å². The van der Waals surface area contributed by atoms with Gasteiger partial charge in [0.1, 0.15) is 5.75 Å². The van der Waals surface area contributed by atoms with Crippen molar-refractivity contribution in [1.82, 2.24) is 0 Å². The number of fused-ring (bicyclic) bond motifs is 1. The zero-order chi connectivity index (χ0) is 13.2. The van der Waals surface area contributed by atoms with Crippen LogP contribution in [-0.2, 0) is 12.8 Å². The van der Waals surface area contributed by atoms with E-state index in [1.54, 1.807) is 0 Å². The summed E-state index contributed by atoms with van der Waals surface area (Å²) in [6.45, 7) is 0.774. The largest absolute Gasteiger partial charge is 0.493 e. The van der Waals surface area contributed by atoms with E-state index in [0.29, 0.717) is 0 Å². The van der Waals surface area contributed by atoms with E-state index in [4.69, 9.17) is 27.9 Å². The van der Waals surface area contributed by atoms with Gasteiger partial charge in [0.05, 0.1) is 12.0 Å². The van der Waals surface area contributed by atoms with Gasteiger partial charge in [-0.2, -0.15) is 0 Å². The van der Waals surface area contributed by atoms with Gasteiger partial charge in [-0.1, -0.05) is 41.9 Å². The van der Waals surface area contributed by atoms with Crippen molar-refractivity contribution in [1.29, 1.82) is 0 Å². The Labute approximate surface area is 123 Å². The van der Waals surface area contributed by atoms with Crippen molar-refractivity contribution in [2.45, 2.75) is 18.2 Å². The average Bonchev–Trinajstić information content (AvgIpc) is 2.88. The van der Waals surface area contributed by atoms with Gasteiger partial charge in [-0.25, -0.2) is 0 Å². The zero-order valence-electron chi connectivity index (χ0n) is 10.4. The molecule has 0 fully saturated rings. The molecule has 1 unspecified atom stereocenters. The first-order valence-electron chi connectivity index (χ1n) is 6.37. The number of hydrogen-bond acceptors (Lipinski definition) is 1. The molecule has 2 aromatic carbocycles. The lowest BCUT2D eigenvalue weighted by molar-refractivity contribution is 0.357. The van der Waals surface area contributed by atoms with Crippen LogP contribution in [0.5, 0.6) is 5.75 Å². The molecule has 2 aromatic rings. The van der Waals surface area contributed by atoms with Crippen LogP contribution < -0.4 is 4.74 Å². The molecular formula is C16H14Cl2O. The number of halogens is 2. The summed E-state index contributed by atoms with van der Waals surface area (Å²) in [7, 11) is 0. The van der Waals surface area contributed by atoms with Gasteiger partial charge in [0.2, 0.25) is 0 Å². The molecule has 1 aliphatic rings. The second-order valence-electron chi connectivity index (χ2n) is 4.73. The van der Waals surface area contributed by atoms with E-state index in [1.807, 2.05) is 36.4 Å². The van der Waals surface area contributed by atoms with E-state index < -0.39 is 0 Å². The van der Waals surface area contributed by atoms with Crippen molar-refractivity contribution < 1.29 is 4.74 Å². The van der Waals surface area contributed by atoms with E-state index >= 15 is 0 Å². The normalized spacial score (nSPS) is 14.8. The van der Waals surface area contributed by atoms with Crippen LogP contribution in [0.4, 0.5) is 0 Å². The zero-order valence-corrected chi connectivity index (χ0v) is 11.9. The Morgan fingerprint density at radius 2 is 2.00 bits per heavy atom.